The number of ether oxygens (including phenoxy) is 1. The van der Waals surface area contributed by atoms with Gasteiger partial charge in [0.2, 0.25) is 0 Å². The monoisotopic (exact) mass is 343 g/mol. The van der Waals surface area contributed by atoms with Gasteiger partial charge in [0, 0.05) is 55.4 Å². The van der Waals surface area contributed by atoms with Crippen LogP contribution in [0.2, 0.25) is 0 Å². The molecule has 2 aliphatic heterocycles. The van der Waals surface area contributed by atoms with Crippen molar-refractivity contribution < 1.29 is 4.74 Å². The number of rotatable bonds is 4. The summed E-state index contributed by atoms with van der Waals surface area (Å²) >= 11 is 1.86. The lowest BCUT2D eigenvalue weighted by Crippen LogP contribution is -2.40. The third kappa shape index (κ3) is 3.86. The maximum Gasteiger partial charge on any atom is 0.0593 e. The van der Waals surface area contributed by atoms with Crippen LogP contribution >= 0.6 is 11.3 Å². The number of hydrogen-bond donors (Lipinski definition) is 0. The summed E-state index contributed by atoms with van der Waals surface area (Å²) in [6.07, 6.45) is 5.06. The van der Waals surface area contributed by atoms with E-state index in [4.69, 9.17) is 4.74 Å². The Morgan fingerprint density at radius 2 is 2.04 bits per heavy atom. The molecular weight excluding hydrogens is 318 g/mol. The smallest absolute Gasteiger partial charge is 0.0593 e. The first-order valence-electron chi connectivity index (χ1n) is 8.75. The van der Waals surface area contributed by atoms with Crippen molar-refractivity contribution in [3.05, 3.63) is 52.5 Å². The fraction of sp³-hybridized carbons (Fsp3) is 0.526. The Morgan fingerprint density at radius 1 is 1.12 bits per heavy atom. The van der Waals surface area contributed by atoms with Gasteiger partial charge in [-0.1, -0.05) is 12.1 Å². The molecule has 1 atom stereocenters. The molecule has 128 valence electrons. The second kappa shape index (κ2) is 7.31. The van der Waals surface area contributed by atoms with Gasteiger partial charge in [-0.3, -0.25) is 14.8 Å². The highest BCUT2D eigenvalue weighted by atomic mass is 32.1. The maximum absolute atomic E-state index is 6.00. The molecule has 4 nitrogen and oxygen atoms in total. The molecule has 4 rings (SSSR count). The lowest BCUT2D eigenvalue weighted by molar-refractivity contribution is 0.0706. The number of pyridine rings is 1. The van der Waals surface area contributed by atoms with E-state index in [9.17, 15) is 0 Å². The van der Waals surface area contributed by atoms with Crippen molar-refractivity contribution in [3.63, 3.8) is 0 Å². The van der Waals surface area contributed by atoms with Crippen LogP contribution < -0.4 is 0 Å². The number of aromatic nitrogens is 1. The second-order valence-corrected chi connectivity index (χ2v) is 8.20. The SMILES string of the molecule is c1cncc(CN2CC[C@@]3(COCCN(Cc4cccs4)C3)C2)c1. The van der Waals surface area contributed by atoms with E-state index in [1.165, 1.54) is 16.9 Å². The van der Waals surface area contributed by atoms with Crippen molar-refractivity contribution in [1.29, 1.82) is 0 Å². The minimum atomic E-state index is 0.288. The molecular formula is C19H25N3OS. The summed E-state index contributed by atoms with van der Waals surface area (Å²) in [5.41, 5.74) is 1.59. The van der Waals surface area contributed by atoms with Crippen molar-refractivity contribution in [2.24, 2.45) is 5.41 Å². The molecule has 1 spiro atoms. The third-order valence-corrected chi connectivity index (χ3v) is 5.99. The number of nitrogens with zero attached hydrogens (tertiary/aromatic N) is 3. The Kier molecular flexibility index (Phi) is 4.94. The first kappa shape index (κ1) is 16.2. The number of thiophene rings is 1. The summed E-state index contributed by atoms with van der Waals surface area (Å²) in [7, 11) is 0. The zero-order valence-electron chi connectivity index (χ0n) is 14.1. The third-order valence-electron chi connectivity index (χ3n) is 5.13. The summed E-state index contributed by atoms with van der Waals surface area (Å²) in [4.78, 5) is 10.9. The van der Waals surface area contributed by atoms with Crippen LogP contribution in [0.4, 0.5) is 0 Å². The highest BCUT2D eigenvalue weighted by Crippen LogP contribution is 2.34. The van der Waals surface area contributed by atoms with E-state index in [0.717, 1.165) is 52.5 Å². The minimum Gasteiger partial charge on any atom is -0.379 e. The van der Waals surface area contributed by atoms with Crippen molar-refractivity contribution in [2.75, 3.05) is 39.4 Å². The fourth-order valence-electron chi connectivity index (χ4n) is 4.00. The van der Waals surface area contributed by atoms with Gasteiger partial charge in [0.05, 0.1) is 13.2 Å². The normalized spacial score (nSPS) is 26.0. The molecule has 0 amide bonds. The highest BCUT2D eigenvalue weighted by molar-refractivity contribution is 7.09. The molecule has 2 saturated heterocycles. The standard InChI is InChI=1S/C19H25N3OS/c1-3-17(11-20-6-1)12-21-7-5-19(14-21)15-22(8-9-23-16-19)13-18-4-2-10-24-18/h1-4,6,10-11H,5,7-9,12-16H2/t19-/m1/s1. The molecule has 0 aromatic carbocycles. The zero-order chi connectivity index (χ0) is 16.2. The number of hydrogen-bond acceptors (Lipinski definition) is 5. The molecule has 0 unspecified atom stereocenters. The van der Waals surface area contributed by atoms with Crippen molar-refractivity contribution in [3.8, 4) is 0 Å². The molecule has 0 radical (unpaired) electrons. The van der Waals surface area contributed by atoms with Gasteiger partial charge in [-0.15, -0.1) is 11.3 Å². The molecule has 2 fully saturated rings. The van der Waals surface area contributed by atoms with Gasteiger partial charge in [-0.2, -0.15) is 0 Å². The highest BCUT2D eigenvalue weighted by Gasteiger charge is 2.40. The van der Waals surface area contributed by atoms with E-state index in [1.54, 1.807) is 0 Å². The first-order chi connectivity index (χ1) is 11.8. The lowest BCUT2D eigenvalue weighted by atomic mass is 9.87. The summed E-state index contributed by atoms with van der Waals surface area (Å²) in [5.74, 6) is 0. The summed E-state index contributed by atoms with van der Waals surface area (Å²) in [5, 5.41) is 2.17. The Hall–Kier alpha value is -1.27. The van der Waals surface area contributed by atoms with Gasteiger partial charge in [-0.25, -0.2) is 0 Å². The van der Waals surface area contributed by atoms with Crippen LogP contribution in [0, 0.1) is 5.41 Å². The van der Waals surface area contributed by atoms with Crippen LogP contribution in [0.3, 0.4) is 0 Å². The molecule has 0 saturated carbocycles. The molecule has 0 bridgehead atoms. The van der Waals surface area contributed by atoms with Crippen LogP contribution in [0.1, 0.15) is 16.9 Å². The average molecular weight is 343 g/mol. The zero-order valence-corrected chi connectivity index (χ0v) is 14.9. The van der Waals surface area contributed by atoms with Crippen LogP contribution in [-0.2, 0) is 17.8 Å². The van der Waals surface area contributed by atoms with Gasteiger partial charge in [0.1, 0.15) is 0 Å². The number of likely N-dealkylation sites (tertiary alicyclic amines) is 1. The van der Waals surface area contributed by atoms with Crippen molar-refractivity contribution in [1.82, 2.24) is 14.8 Å². The Morgan fingerprint density at radius 3 is 2.83 bits per heavy atom. The van der Waals surface area contributed by atoms with E-state index in [0.29, 0.717) is 0 Å². The molecule has 2 aromatic heterocycles. The molecule has 4 heterocycles. The lowest BCUT2D eigenvalue weighted by Gasteiger charge is -2.31. The van der Waals surface area contributed by atoms with Crippen LogP contribution in [-0.4, -0.2) is 54.2 Å². The van der Waals surface area contributed by atoms with E-state index in [1.807, 2.05) is 29.8 Å². The van der Waals surface area contributed by atoms with Crippen molar-refractivity contribution >= 4 is 11.3 Å². The van der Waals surface area contributed by atoms with Crippen molar-refractivity contribution in [2.45, 2.75) is 19.5 Å². The maximum atomic E-state index is 6.00. The van der Waals surface area contributed by atoms with Gasteiger partial charge in [-0.05, 0) is 36.0 Å². The Bertz CT molecular complexity index is 633. The molecule has 0 aliphatic carbocycles. The van der Waals surface area contributed by atoms with Gasteiger partial charge >= 0.3 is 0 Å². The summed E-state index contributed by atoms with van der Waals surface area (Å²) < 4.78 is 6.00. The molecule has 2 aromatic rings. The molecule has 0 N–H and O–H groups in total. The van der Waals surface area contributed by atoms with Gasteiger partial charge in [0.25, 0.3) is 0 Å². The van der Waals surface area contributed by atoms with E-state index < -0.39 is 0 Å². The molecule has 2 aliphatic rings. The van der Waals surface area contributed by atoms with E-state index in [-0.39, 0.29) is 5.41 Å². The first-order valence-corrected chi connectivity index (χ1v) is 9.63. The second-order valence-electron chi connectivity index (χ2n) is 7.16. The average Bonchev–Trinajstić information content (AvgIpc) is 3.18. The van der Waals surface area contributed by atoms with E-state index in [2.05, 4.69) is 38.4 Å². The molecule has 5 heteroatoms. The Balaban J connectivity index is 1.40. The van der Waals surface area contributed by atoms with Crippen LogP contribution in [0.25, 0.3) is 0 Å². The molecule has 24 heavy (non-hydrogen) atoms. The van der Waals surface area contributed by atoms with Gasteiger partial charge < -0.3 is 4.74 Å². The topological polar surface area (TPSA) is 28.6 Å². The largest absolute Gasteiger partial charge is 0.379 e. The Labute approximate surface area is 148 Å². The summed E-state index contributed by atoms with van der Waals surface area (Å²) in [6.45, 7) is 8.30. The summed E-state index contributed by atoms with van der Waals surface area (Å²) in [6, 6.07) is 8.59. The predicted octanol–water partition coefficient (Wildman–Crippen LogP) is 2.87. The van der Waals surface area contributed by atoms with Gasteiger partial charge in [0.15, 0.2) is 0 Å². The van der Waals surface area contributed by atoms with E-state index >= 15 is 0 Å². The minimum absolute atomic E-state index is 0.288. The predicted molar refractivity (Wildman–Crippen MR) is 97.0 cm³/mol. The quantitative estimate of drug-likeness (QED) is 0.853. The fourth-order valence-corrected chi connectivity index (χ4v) is 4.74. The van der Waals surface area contributed by atoms with Crippen LogP contribution in [0.5, 0.6) is 0 Å². The van der Waals surface area contributed by atoms with Crippen LogP contribution in [0.15, 0.2) is 42.0 Å².